The van der Waals surface area contributed by atoms with Crippen molar-refractivity contribution in [3.05, 3.63) is 70.6 Å². The minimum absolute atomic E-state index is 0.430. The van der Waals surface area contributed by atoms with E-state index in [1.165, 1.54) is 0 Å². The van der Waals surface area contributed by atoms with Crippen molar-refractivity contribution >= 4 is 22.5 Å². The van der Waals surface area contributed by atoms with Gasteiger partial charge in [-0.2, -0.15) is 0 Å². The number of fused-ring (bicyclic) bond motifs is 1. The highest BCUT2D eigenvalue weighted by atomic mass is 16.1. The van der Waals surface area contributed by atoms with Crippen molar-refractivity contribution in [1.29, 1.82) is 0 Å². The second-order valence-electron chi connectivity index (χ2n) is 4.67. The molecule has 0 aliphatic carbocycles. The maximum atomic E-state index is 11.7. The van der Waals surface area contributed by atoms with Crippen molar-refractivity contribution in [2.45, 2.75) is 0 Å². The van der Waals surface area contributed by atoms with Gasteiger partial charge >= 0.3 is 0 Å². The number of carbonyl (C=O) groups excluding carboxylic acids is 1. The number of benzene rings is 2. The molecule has 22 heavy (non-hydrogen) atoms. The molecule has 6 heteroatoms. The zero-order chi connectivity index (χ0) is 15.5. The molecule has 3 rings (SSSR count). The lowest BCUT2D eigenvalue weighted by Crippen LogP contribution is -2.12. The second kappa shape index (κ2) is 5.55. The smallest absolute Gasteiger partial charge is 0.249 e. The van der Waals surface area contributed by atoms with E-state index in [0.717, 1.165) is 10.9 Å². The minimum Gasteiger partial charge on any atom is -0.366 e. The monoisotopic (exact) mass is 289 g/mol. The van der Waals surface area contributed by atoms with Gasteiger partial charge in [-0.05, 0) is 17.7 Å². The molecule has 0 atom stereocenters. The molecule has 1 aromatic heterocycles. The van der Waals surface area contributed by atoms with E-state index in [1.807, 2.05) is 24.3 Å². The van der Waals surface area contributed by atoms with Crippen LogP contribution in [0.3, 0.4) is 0 Å². The van der Waals surface area contributed by atoms with Crippen LogP contribution in [0.2, 0.25) is 0 Å². The molecule has 0 radical (unpaired) electrons. The van der Waals surface area contributed by atoms with Crippen molar-refractivity contribution in [2.24, 2.45) is 10.8 Å². The van der Waals surface area contributed by atoms with Crippen molar-refractivity contribution < 1.29 is 4.79 Å². The third-order valence-electron chi connectivity index (χ3n) is 3.30. The van der Waals surface area contributed by atoms with Crippen LogP contribution in [0.25, 0.3) is 32.6 Å². The molecule has 0 saturated heterocycles. The Hall–Kier alpha value is -3.37. The van der Waals surface area contributed by atoms with Gasteiger partial charge in [0.15, 0.2) is 0 Å². The first-order chi connectivity index (χ1) is 10.7. The van der Waals surface area contributed by atoms with Gasteiger partial charge in [0.05, 0.1) is 16.8 Å². The summed E-state index contributed by atoms with van der Waals surface area (Å²) in [4.78, 5) is 19.0. The highest BCUT2D eigenvalue weighted by Gasteiger charge is 2.11. The molecule has 0 saturated carbocycles. The number of azide groups is 1. The molecule has 2 aromatic carbocycles. The normalized spacial score (nSPS) is 10.2. The first kappa shape index (κ1) is 13.6. The molecule has 0 bridgehead atoms. The Morgan fingerprint density at radius 3 is 2.55 bits per heavy atom. The molecule has 1 amide bonds. The number of rotatable bonds is 3. The third-order valence-corrected chi connectivity index (χ3v) is 3.30. The lowest BCUT2D eigenvalue weighted by atomic mass is 10.0. The highest BCUT2D eigenvalue weighted by molar-refractivity contribution is 6.06. The van der Waals surface area contributed by atoms with Gasteiger partial charge in [-0.1, -0.05) is 47.6 Å². The SMILES string of the molecule is [N-]=[N+]=Nc1ccc(-c2cc(C(N)=O)c3ccccc3n2)cc1. The summed E-state index contributed by atoms with van der Waals surface area (Å²) < 4.78 is 0. The Morgan fingerprint density at radius 2 is 1.86 bits per heavy atom. The fourth-order valence-electron chi connectivity index (χ4n) is 2.28. The number of nitrogens with two attached hydrogens (primary N) is 1. The maximum Gasteiger partial charge on any atom is 0.249 e. The van der Waals surface area contributed by atoms with Crippen LogP contribution in [0.15, 0.2) is 59.7 Å². The minimum atomic E-state index is -0.495. The molecule has 0 unspecified atom stereocenters. The second-order valence-corrected chi connectivity index (χ2v) is 4.67. The molecule has 6 nitrogen and oxygen atoms in total. The molecule has 0 aliphatic heterocycles. The van der Waals surface area contributed by atoms with Crippen LogP contribution in [-0.4, -0.2) is 10.9 Å². The van der Waals surface area contributed by atoms with Gasteiger partial charge in [0.1, 0.15) is 0 Å². The fraction of sp³-hybridized carbons (Fsp3) is 0. The zero-order valence-corrected chi connectivity index (χ0v) is 11.5. The van der Waals surface area contributed by atoms with E-state index in [4.69, 9.17) is 11.3 Å². The molecular formula is C16H11N5O. The molecule has 106 valence electrons. The summed E-state index contributed by atoms with van der Waals surface area (Å²) in [6.07, 6.45) is 0. The Kier molecular flexibility index (Phi) is 3.43. The van der Waals surface area contributed by atoms with Gasteiger partial charge < -0.3 is 5.73 Å². The predicted octanol–water partition coefficient (Wildman–Crippen LogP) is 3.94. The summed E-state index contributed by atoms with van der Waals surface area (Å²) in [5.41, 5.74) is 17.0. The summed E-state index contributed by atoms with van der Waals surface area (Å²) in [6.45, 7) is 0. The van der Waals surface area contributed by atoms with E-state index in [1.54, 1.807) is 30.3 Å². The van der Waals surface area contributed by atoms with Gasteiger partial charge in [0.25, 0.3) is 0 Å². The fourth-order valence-corrected chi connectivity index (χ4v) is 2.28. The molecule has 0 aliphatic rings. The number of hydrogen-bond acceptors (Lipinski definition) is 3. The van der Waals surface area contributed by atoms with Gasteiger partial charge in [0.2, 0.25) is 5.91 Å². The lowest BCUT2D eigenvalue weighted by molar-refractivity contribution is 0.100. The van der Waals surface area contributed by atoms with E-state index in [2.05, 4.69) is 15.0 Å². The zero-order valence-electron chi connectivity index (χ0n) is 11.5. The van der Waals surface area contributed by atoms with Gasteiger partial charge in [0, 0.05) is 21.5 Å². The quantitative estimate of drug-likeness (QED) is 0.448. The molecule has 0 spiro atoms. The number of hydrogen-bond donors (Lipinski definition) is 1. The number of amides is 1. The Labute approximate surface area is 125 Å². The van der Waals surface area contributed by atoms with Gasteiger partial charge in [-0.25, -0.2) is 4.98 Å². The summed E-state index contributed by atoms with van der Waals surface area (Å²) >= 11 is 0. The number of aromatic nitrogens is 1. The van der Waals surface area contributed by atoms with E-state index >= 15 is 0 Å². The van der Waals surface area contributed by atoms with Crippen LogP contribution in [0.4, 0.5) is 5.69 Å². The molecule has 1 heterocycles. The lowest BCUT2D eigenvalue weighted by Gasteiger charge is -2.07. The van der Waals surface area contributed by atoms with Crippen LogP contribution >= 0.6 is 0 Å². The summed E-state index contributed by atoms with van der Waals surface area (Å²) in [5.74, 6) is -0.495. The average molecular weight is 289 g/mol. The highest BCUT2D eigenvalue weighted by Crippen LogP contribution is 2.26. The van der Waals surface area contributed by atoms with E-state index in [0.29, 0.717) is 22.5 Å². The maximum absolute atomic E-state index is 11.7. The van der Waals surface area contributed by atoms with Crippen LogP contribution in [-0.2, 0) is 0 Å². The van der Waals surface area contributed by atoms with Crippen LogP contribution in [0.1, 0.15) is 10.4 Å². The first-order valence-electron chi connectivity index (χ1n) is 6.54. The number of nitrogens with zero attached hydrogens (tertiary/aromatic N) is 4. The van der Waals surface area contributed by atoms with Crippen molar-refractivity contribution in [2.75, 3.05) is 0 Å². The van der Waals surface area contributed by atoms with E-state index in [-0.39, 0.29) is 0 Å². The van der Waals surface area contributed by atoms with Gasteiger partial charge in [-0.3, -0.25) is 4.79 Å². The van der Waals surface area contributed by atoms with E-state index in [9.17, 15) is 4.79 Å². The summed E-state index contributed by atoms with van der Waals surface area (Å²) in [6, 6.07) is 16.0. The topological polar surface area (TPSA) is 105 Å². The van der Waals surface area contributed by atoms with Crippen molar-refractivity contribution in [3.8, 4) is 11.3 Å². The summed E-state index contributed by atoms with van der Waals surface area (Å²) in [5, 5.41) is 4.25. The molecule has 2 N–H and O–H groups in total. The van der Waals surface area contributed by atoms with Crippen molar-refractivity contribution in [1.82, 2.24) is 4.98 Å². The number of para-hydroxylation sites is 1. The third kappa shape index (κ3) is 2.46. The molecule has 0 fully saturated rings. The van der Waals surface area contributed by atoms with E-state index < -0.39 is 5.91 Å². The Balaban J connectivity index is 2.18. The number of primary amides is 1. The first-order valence-corrected chi connectivity index (χ1v) is 6.54. The Morgan fingerprint density at radius 1 is 1.14 bits per heavy atom. The average Bonchev–Trinajstić information content (AvgIpc) is 2.54. The predicted molar refractivity (Wildman–Crippen MR) is 84.5 cm³/mol. The molecular weight excluding hydrogens is 278 g/mol. The van der Waals surface area contributed by atoms with Crippen molar-refractivity contribution in [3.63, 3.8) is 0 Å². The number of pyridine rings is 1. The van der Waals surface area contributed by atoms with Crippen LogP contribution in [0, 0.1) is 0 Å². The largest absolute Gasteiger partial charge is 0.366 e. The standard InChI is InChI=1S/C16H11N5O/c17-16(22)13-9-15(19-14-4-2-1-3-12(13)14)10-5-7-11(8-6-10)20-21-18/h1-9H,(H2,17,22). The van der Waals surface area contributed by atoms with Crippen LogP contribution in [0.5, 0.6) is 0 Å². The van der Waals surface area contributed by atoms with Crippen LogP contribution < -0.4 is 5.73 Å². The van der Waals surface area contributed by atoms with Gasteiger partial charge in [-0.15, -0.1) is 0 Å². The molecule has 3 aromatic rings. The number of carbonyl (C=O) groups is 1. The Bertz CT molecular complexity index is 911. The summed E-state index contributed by atoms with van der Waals surface area (Å²) in [7, 11) is 0.